The minimum Gasteiger partial charge on any atom is -0.497 e. The molecule has 60 heavy (non-hydrogen) atoms. The molecule has 324 valence electrons. The summed E-state index contributed by atoms with van der Waals surface area (Å²) in [6.07, 6.45) is 2.80. The molecule has 1 N–H and O–H groups in total. The molecule has 0 bridgehead atoms. The zero-order valence-electron chi connectivity index (χ0n) is 36.0. The summed E-state index contributed by atoms with van der Waals surface area (Å²) in [5.74, 6) is 2.75. The molecule has 0 saturated carbocycles. The van der Waals surface area contributed by atoms with Crippen LogP contribution in [0, 0.1) is 5.82 Å². The van der Waals surface area contributed by atoms with Crippen LogP contribution in [0.4, 0.5) is 15.0 Å². The van der Waals surface area contributed by atoms with Crippen LogP contribution in [-0.2, 0) is 24.2 Å². The van der Waals surface area contributed by atoms with E-state index in [1.54, 1.807) is 79.1 Å². The Morgan fingerprint density at radius 3 is 2.03 bits per heavy atom. The molecule has 0 fully saturated rings. The molecule has 0 spiro atoms. The number of amides is 1. The molecule has 0 aliphatic carbocycles. The third-order valence-corrected chi connectivity index (χ3v) is 9.54. The number of methoxy groups -OCH3 is 4. The molecule has 1 unspecified atom stereocenters. The minimum absolute atomic E-state index is 0.0672. The lowest BCUT2D eigenvalue weighted by molar-refractivity contribution is 0.0278. The molecule has 2 aromatic heterocycles. The van der Waals surface area contributed by atoms with E-state index < -0.39 is 17.5 Å². The molecule has 0 saturated heterocycles. The van der Waals surface area contributed by atoms with E-state index in [1.807, 2.05) is 48.2 Å². The Bertz CT molecular complexity index is 2130. The third kappa shape index (κ3) is 11.8. The van der Waals surface area contributed by atoms with Crippen molar-refractivity contribution in [2.45, 2.75) is 78.2 Å². The molecule has 15 nitrogen and oxygen atoms in total. The van der Waals surface area contributed by atoms with Crippen molar-refractivity contribution in [2.24, 2.45) is 0 Å². The highest BCUT2D eigenvalue weighted by Crippen LogP contribution is 2.34. The van der Waals surface area contributed by atoms with Crippen LogP contribution in [0.2, 0.25) is 0 Å². The third-order valence-electron chi connectivity index (χ3n) is 9.54. The van der Waals surface area contributed by atoms with Gasteiger partial charge in [-0.1, -0.05) is 19.4 Å². The average molecular weight is 833 g/mol. The number of anilines is 1. The number of ether oxygens (including phenoxy) is 7. The summed E-state index contributed by atoms with van der Waals surface area (Å²) in [7, 11) is 8.01. The highest BCUT2D eigenvalue weighted by Gasteiger charge is 2.25. The number of hydrogen-bond acceptors (Lipinski definition) is 13. The lowest BCUT2D eigenvalue weighted by Gasteiger charge is -2.27. The molecule has 3 aromatic carbocycles. The largest absolute Gasteiger partial charge is 0.497 e. The molecule has 0 aliphatic rings. The van der Waals surface area contributed by atoms with Crippen LogP contribution in [0.3, 0.4) is 0 Å². The van der Waals surface area contributed by atoms with Crippen molar-refractivity contribution >= 4 is 17.6 Å². The lowest BCUT2D eigenvalue weighted by atomic mass is 10.1. The number of carbonyl (C=O) groups is 1. The molecule has 5 aromatic rings. The van der Waals surface area contributed by atoms with Crippen molar-refractivity contribution in [1.29, 1.82) is 0 Å². The van der Waals surface area contributed by atoms with E-state index in [4.69, 9.17) is 48.2 Å². The SMILES string of the molecule is CCCC(CCO)Oc1nc(N(Cc2ccc(OC)cc2OC)Cc2ccc(OC)cc2OC)c2ncc(Cc3ccc(OCCN(C)C(=O)OC(C)(C)C)cc3F)n2n1. The number of aliphatic hydroxyl groups excluding tert-OH is 1. The summed E-state index contributed by atoms with van der Waals surface area (Å²) >= 11 is 0. The number of halogens is 1. The number of benzene rings is 3. The fourth-order valence-electron chi connectivity index (χ4n) is 6.42. The Balaban J connectivity index is 1.53. The number of hydrogen-bond donors (Lipinski definition) is 1. The van der Waals surface area contributed by atoms with E-state index >= 15 is 4.39 Å². The van der Waals surface area contributed by atoms with E-state index in [9.17, 15) is 9.90 Å². The quantitative estimate of drug-likeness (QED) is 0.0790. The second kappa shape index (κ2) is 20.8. The Hall–Kier alpha value is -6.03. The molecule has 2 heterocycles. The zero-order valence-corrected chi connectivity index (χ0v) is 36.0. The second-order valence-corrected chi connectivity index (χ2v) is 15.1. The van der Waals surface area contributed by atoms with Gasteiger partial charge in [-0.05, 0) is 63.1 Å². The summed E-state index contributed by atoms with van der Waals surface area (Å²) < 4.78 is 57.5. The van der Waals surface area contributed by atoms with Crippen LogP contribution in [0.1, 0.15) is 69.3 Å². The Kier molecular flexibility index (Phi) is 15.6. The van der Waals surface area contributed by atoms with Gasteiger partial charge in [-0.15, -0.1) is 5.10 Å². The number of carbonyl (C=O) groups excluding carboxylic acids is 1. The first kappa shape index (κ1) is 45.1. The number of nitrogens with zero attached hydrogens (tertiary/aromatic N) is 6. The first-order valence-corrected chi connectivity index (χ1v) is 19.8. The first-order chi connectivity index (χ1) is 28.8. The maximum atomic E-state index is 15.8. The van der Waals surface area contributed by atoms with Crippen molar-refractivity contribution in [1.82, 2.24) is 24.5 Å². The normalized spacial score (nSPS) is 11.8. The van der Waals surface area contributed by atoms with Gasteiger partial charge in [0.05, 0.1) is 46.9 Å². The Morgan fingerprint density at radius 2 is 1.48 bits per heavy atom. The van der Waals surface area contributed by atoms with Crippen LogP contribution in [0.15, 0.2) is 60.8 Å². The van der Waals surface area contributed by atoms with E-state index in [1.165, 1.54) is 11.0 Å². The number of fused-ring (bicyclic) bond motifs is 1. The molecule has 16 heteroatoms. The van der Waals surface area contributed by atoms with Crippen LogP contribution in [-0.4, -0.2) is 103 Å². The van der Waals surface area contributed by atoms with Crippen LogP contribution < -0.4 is 33.3 Å². The van der Waals surface area contributed by atoms with Crippen molar-refractivity contribution in [3.05, 3.63) is 89.0 Å². The van der Waals surface area contributed by atoms with Gasteiger partial charge in [-0.3, -0.25) is 0 Å². The molecular weight excluding hydrogens is 776 g/mol. The fourth-order valence-corrected chi connectivity index (χ4v) is 6.42. The molecule has 1 amide bonds. The van der Waals surface area contributed by atoms with Gasteiger partial charge in [-0.2, -0.15) is 4.98 Å². The highest BCUT2D eigenvalue weighted by atomic mass is 19.1. The number of aromatic nitrogens is 4. The molecule has 0 radical (unpaired) electrons. The van der Waals surface area contributed by atoms with Gasteiger partial charge in [0.1, 0.15) is 52.9 Å². The Morgan fingerprint density at radius 1 is 0.867 bits per heavy atom. The molecule has 1 atom stereocenters. The highest BCUT2D eigenvalue weighted by molar-refractivity contribution is 5.68. The van der Waals surface area contributed by atoms with Gasteiger partial charge < -0.3 is 48.1 Å². The second-order valence-electron chi connectivity index (χ2n) is 15.1. The summed E-state index contributed by atoms with van der Waals surface area (Å²) in [5.41, 5.74) is 2.40. The minimum atomic E-state index is -0.623. The maximum absolute atomic E-state index is 15.8. The van der Waals surface area contributed by atoms with E-state index in [-0.39, 0.29) is 38.3 Å². The predicted octanol–water partition coefficient (Wildman–Crippen LogP) is 7.27. The average Bonchev–Trinajstić information content (AvgIpc) is 3.63. The fraction of sp³-hybridized carbons (Fsp3) is 0.455. The summed E-state index contributed by atoms with van der Waals surface area (Å²) in [6, 6.07) is 15.9. The van der Waals surface area contributed by atoms with Crippen LogP contribution in [0.5, 0.6) is 34.8 Å². The smallest absolute Gasteiger partial charge is 0.410 e. The molecule has 5 rings (SSSR count). The number of likely N-dealkylation sites (N-methyl/N-ethyl adjacent to an activating group) is 1. The number of aliphatic hydroxyl groups is 1. The van der Waals surface area contributed by atoms with Crippen molar-refractivity contribution in [3.63, 3.8) is 0 Å². The topological polar surface area (TPSA) is 151 Å². The number of rotatable bonds is 21. The van der Waals surface area contributed by atoms with E-state index in [2.05, 4.69) is 0 Å². The maximum Gasteiger partial charge on any atom is 0.410 e. The van der Waals surface area contributed by atoms with Gasteiger partial charge in [0.15, 0.2) is 11.5 Å². The van der Waals surface area contributed by atoms with Crippen molar-refractivity contribution < 1.29 is 47.4 Å². The summed E-state index contributed by atoms with van der Waals surface area (Å²) in [4.78, 5) is 25.5. The first-order valence-electron chi connectivity index (χ1n) is 19.8. The standard InChI is InChI=1S/C44H57FN6O9/c1-10-11-33(18-20-52)59-42-47-41(50(27-30-13-15-34(54-6)24-38(30)56-8)28-31-14-16-35(55-7)25-39(31)57-9)40-46-26-32(51(40)48-42)22-29-12-17-36(23-37(29)45)58-21-19-49(5)43(53)60-44(2,3)4/h12-17,23-26,33,52H,10-11,18-22,27-28H2,1-9H3. The predicted molar refractivity (Wildman–Crippen MR) is 224 cm³/mol. The zero-order chi connectivity index (χ0) is 43.4. The van der Waals surface area contributed by atoms with E-state index in [0.717, 1.165) is 17.5 Å². The lowest BCUT2D eigenvalue weighted by Crippen LogP contribution is -2.36. The van der Waals surface area contributed by atoms with Crippen LogP contribution in [0.25, 0.3) is 5.65 Å². The van der Waals surface area contributed by atoms with Gasteiger partial charge in [0.2, 0.25) is 0 Å². The number of imidazole rings is 1. The molecule has 0 aliphatic heterocycles. The van der Waals surface area contributed by atoms with Gasteiger partial charge in [0.25, 0.3) is 0 Å². The van der Waals surface area contributed by atoms with Crippen molar-refractivity contribution in [3.8, 4) is 34.8 Å². The Labute approximate surface area is 350 Å². The van der Waals surface area contributed by atoms with E-state index in [0.29, 0.717) is 77.4 Å². The van der Waals surface area contributed by atoms with Gasteiger partial charge in [0, 0.05) is 68.9 Å². The van der Waals surface area contributed by atoms with Gasteiger partial charge >= 0.3 is 12.1 Å². The summed E-state index contributed by atoms with van der Waals surface area (Å²) in [6.45, 7) is 8.34. The van der Waals surface area contributed by atoms with Gasteiger partial charge in [-0.25, -0.2) is 18.7 Å². The summed E-state index contributed by atoms with van der Waals surface area (Å²) in [5, 5.41) is 14.6. The molecular formula is C44H57FN6O9. The van der Waals surface area contributed by atoms with Crippen LogP contribution >= 0.6 is 0 Å². The van der Waals surface area contributed by atoms with Crippen molar-refractivity contribution in [2.75, 3.05) is 60.1 Å². The monoisotopic (exact) mass is 832 g/mol.